The molecule has 0 unspecified atom stereocenters. The van der Waals surface area contributed by atoms with Gasteiger partial charge in [0.2, 0.25) is 5.91 Å². The molecule has 1 fully saturated rings. The zero-order valence-electron chi connectivity index (χ0n) is 32.1. The highest BCUT2D eigenvalue weighted by atomic mass is 16.7. The number of nitrogens with one attached hydrogen (secondary N) is 1. The predicted molar refractivity (Wildman–Crippen MR) is 203 cm³/mol. The van der Waals surface area contributed by atoms with Crippen molar-refractivity contribution < 1.29 is 39.8 Å². The van der Waals surface area contributed by atoms with Gasteiger partial charge < -0.3 is 40.3 Å². The van der Waals surface area contributed by atoms with E-state index < -0.39 is 49.5 Å². The Labute approximate surface area is 305 Å². The summed E-state index contributed by atoms with van der Waals surface area (Å²) in [4.78, 5) is 12.9. The lowest BCUT2D eigenvalue weighted by Gasteiger charge is -2.40. The summed E-state index contributed by atoms with van der Waals surface area (Å²) < 4.78 is 11.2. The largest absolute Gasteiger partial charge is 0.394 e. The van der Waals surface area contributed by atoms with Crippen molar-refractivity contribution in [2.24, 2.45) is 0 Å². The van der Waals surface area contributed by atoms with Crippen LogP contribution in [0.25, 0.3) is 0 Å². The summed E-state index contributed by atoms with van der Waals surface area (Å²) in [6, 6.07) is -0.817. The number of carbonyl (C=O) groups excluding carboxylic acids is 1. The smallest absolute Gasteiger partial charge is 0.220 e. The van der Waals surface area contributed by atoms with Gasteiger partial charge in [0.05, 0.1) is 25.4 Å². The van der Waals surface area contributed by atoms with E-state index in [1.54, 1.807) is 6.08 Å². The van der Waals surface area contributed by atoms with E-state index in [0.29, 0.717) is 6.42 Å². The molecule has 1 saturated heterocycles. The lowest BCUT2D eigenvalue weighted by Crippen LogP contribution is -2.60. The van der Waals surface area contributed by atoms with E-state index >= 15 is 0 Å². The third-order valence-corrected chi connectivity index (χ3v) is 9.89. The molecule has 0 aliphatic carbocycles. The molecule has 1 amide bonds. The van der Waals surface area contributed by atoms with Crippen LogP contribution in [0.15, 0.2) is 23.8 Å². The SMILES string of the molecule is CCCCCCCCCCCCCCCC(=O)N[C@@H](CO[C@@H]1O[C@H](CO)[C@@H](O)[C@H](O)[C@H]1O)[C@H](O)/C=C/CC/C=C(\C)CCCCCCCCC. The molecule has 0 aromatic rings. The summed E-state index contributed by atoms with van der Waals surface area (Å²) in [6.07, 6.45) is 25.8. The van der Waals surface area contributed by atoms with Gasteiger partial charge in [0.15, 0.2) is 6.29 Å². The maximum atomic E-state index is 12.9. The maximum absolute atomic E-state index is 12.9. The fourth-order valence-electron chi connectivity index (χ4n) is 6.47. The van der Waals surface area contributed by atoms with Crippen molar-refractivity contribution in [1.82, 2.24) is 5.32 Å². The summed E-state index contributed by atoms with van der Waals surface area (Å²) in [5.74, 6) is -0.188. The van der Waals surface area contributed by atoms with E-state index in [1.165, 1.54) is 115 Å². The molecule has 1 rings (SSSR count). The molecule has 0 aromatic carbocycles. The predicted octanol–water partition coefficient (Wildman–Crippen LogP) is 7.55. The molecule has 9 heteroatoms. The van der Waals surface area contributed by atoms with Crippen LogP contribution in [0.4, 0.5) is 0 Å². The van der Waals surface area contributed by atoms with Crippen molar-refractivity contribution in [3.8, 4) is 0 Å². The first-order valence-electron chi connectivity index (χ1n) is 20.5. The van der Waals surface area contributed by atoms with E-state index in [1.807, 2.05) is 6.08 Å². The van der Waals surface area contributed by atoms with E-state index in [-0.39, 0.29) is 12.5 Å². The van der Waals surface area contributed by atoms with Gasteiger partial charge in [0, 0.05) is 6.42 Å². The molecule has 0 aromatic heterocycles. The van der Waals surface area contributed by atoms with Gasteiger partial charge in [-0.25, -0.2) is 0 Å². The van der Waals surface area contributed by atoms with Crippen molar-refractivity contribution in [3.05, 3.63) is 23.8 Å². The Morgan fingerprint density at radius 1 is 0.720 bits per heavy atom. The van der Waals surface area contributed by atoms with Crippen molar-refractivity contribution in [2.75, 3.05) is 13.2 Å². The first kappa shape index (κ1) is 46.7. The van der Waals surface area contributed by atoms with Crippen LogP contribution >= 0.6 is 0 Å². The Hall–Kier alpha value is -1.33. The van der Waals surface area contributed by atoms with Crippen LogP contribution in [0.2, 0.25) is 0 Å². The first-order valence-corrected chi connectivity index (χ1v) is 20.5. The fourth-order valence-corrected chi connectivity index (χ4v) is 6.47. The van der Waals surface area contributed by atoms with Crippen molar-refractivity contribution >= 4 is 5.91 Å². The Balaban J connectivity index is 2.51. The highest BCUT2D eigenvalue weighted by molar-refractivity contribution is 5.76. The molecule has 50 heavy (non-hydrogen) atoms. The third-order valence-electron chi connectivity index (χ3n) is 9.89. The van der Waals surface area contributed by atoms with Crippen LogP contribution in [0.1, 0.15) is 175 Å². The number of amides is 1. The summed E-state index contributed by atoms with van der Waals surface area (Å²) in [5, 5.41) is 54.0. The normalized spacial score (nSPS) is 22.6. The van der Waals surface area contributed by atoms with Gasteiger partial charge in [-0.1, -0.05) is 153 Å². The number of unbranched alkanes of at least 4 members (excludes halogenated alkanes) is 19. The summed E-state index contributed by atoms with van der Waals surface area (Å²) in [5.41, 5.74) is 1.39. The number of hydrogen-bond acceptors (Lipinski definition) is 8. The van der Waals surface area contributed by atoms with Gasteiger partial charge >= 0.3 is 0 Å². The number of carbonyl (C=O) groups is 1. The van der Waals surface area contributed by atoms with Crippen LogP contribution in [-0.2, 0) is 14.3 Å². The zero-order valence-corrected chi connectivity index (χ0v) is 32.1. The quantitative estimate of drug-likeness (QED) is 0.0310. The molecular weight excluding hydrogens is 634 g/mol. The van der Waals surface area contributed by atoms with Crippen LogP contribution in [0, 0.1) is 0 Å². The van der Waals surface area contributed by atoms with Crippen LogP contribution < -0.4 is 5.32 Å². The van der Waals surface area contributed by atoms with Gasteiger partial charge in [0.1, 0.15) is 24.4 Å². The van der Waals surface area contributed by atoms with Crippen LogP contribution in [0.3, 0.4) is 0 Å². The van der Waals surface area contributed by atoms with E-state index in [4.69, 9.17) is 9.47 Å². The minimum atomic E-state index is -1.57. The Morgan fingerprint density at radius 2 is 1.22 bits per heavy atom. The highest BCUT2D eigenvalue weighted by Crippen LogP contribution is 2.22. The van der Waals surface area contributed by atoms with Gasteiger partial charge in [-0.3, -0.25) is 4.79 Å². The Bertz CT molecular complexity index is 866. The van der Waals surface area contributed by atoms with Crippen molar-refractivity contribution in [1.29, 1.82) is 0 Å². The van der Waals surface area contributed by atoms with Crippen molar-refractivity contribution in [3.63, 3.8) is 0 Å². The van der Waals surface area contributed by atoms with E-state index in [9.17, 15) is 30.3 Å². The molecule has 9 nitrogen and oxygen atoms in total. The average molecular weight is 712 g/mol. The van der Waals surface area contributed by atoms with E-state index in [0.717, 1.165) is 38.5 Å². The zero-order chi connectivity index (χ0) is 36.8. The molecule has 0 spiro atoms. The maximum Gasteiger partial charge on any atom is 0.220 e. The summed E-state index contributed by atoms with van der Waals surface area (Å²) >= 11 is 0. The lowest BCUT2D eigenvalue weighted by atomic mass is 9.99. The molecule has 1 aliphatic heterocycles. The minimum absolute atomic E-state index is 0.188. The fraction of sp³-hybridized carbons (Fsp3) is 0.878. The molecule has 6 N–H and O–H groups in total. The first-order chi connectivity index (χ1) is 24.2. The molecule has 294 valence electrons. The second-order valence-corrected chi connectivity index (χ2v) is 14.6. The van der Waals surface area contributed by atoms with Crippen molar-refractivity contribution in [2.45, 2.75) is 218 Å². The van der Waals surface area contributed by atoms with Gasteiger partial charge in [-0.05, 0) is 39.0 Å². The molecule has 0 saturated carbocycles. The van der Waals surface area contributed by atoms with Gasteiger partial charge in [-0.15, -0.1) is 0 Å². The number of aliphatic hydroxyl groups excluding tert-OH is 5. The highest BCUT2D eigenvalue weighted by Gasteiger charge is 2.44. The Morgan fingerprint density at radius 3 is 1.74 bits per heavy atom. The number of allylic oxidation sites excluding steroid dienone is 3. The van der Waals surface area contributed by atoms with Gasteiger partial charge in [-0.2, -0.15) is 0 Å². The van der Waals surface area contributed by atoms with Crippen LogP contribution in [0.5, 0.6) is 0 Å². The standard InChI is InChI=1S/C41H77NO8/c1-4-6-8-10-12-13-14-15-16-17-19-21-26-30-37(45)42-34(32-49-41-40(48)39(47)38(46)36(31-43)50-41)35(44)29-25-22-24-28-33(3)27-23-20-18-11-9-7-5-2/h25,28-29,34-36,38-41,43-44,46-48H,4-24,26-27,30-32H2,1-3H3,(H,42,45)/b29-25+,33-28+/t34-,35+,36+,38+,39-,40+,41+/m0/s1. The number of ether oxygens (including phenoxy) is 2. The average Bonchev–Trinajstić information content (AvgIpc) is 3.11. The Kier molecular flexibility index (Phi) is 29.2. The second kappa shape index (κ2) is 31.2. The topological polar surface area (TPSA) is 149 Å². The van der Waals surface area contributed by atoms with Gasteiger partial charge in [0.25, 0.3) is 0 Å². The number of aliphatic hydroxyl groups is 5. The molecular formula is C41H77NO8. The third kappa shape index (κ3) is 22.6. The van der Waals surface area contributed by atoms with E-state index in [2.05, 4.69) is 32.2 Å². The summed E-state index contributed by atoms with van der Waals surface area (Å²) in [6.45, 7) is 5.90. The number of rotatable bonds is 32. The molecule has 7 atom stereocenters. The van der Waals surface area contributed by atoms with Crippen LogP contribution in [-0.4, -0.2) is 87.5 Å². The molecule has 1 heterocycles. The lowest BCUT2D eigenvalue weighted by molar-refractivity contribution is -0.302. The minimum Gasteiger partial charge on any atom is -0.394 e. The monoisotopic (exact) mass is 712 g/mol. The second-order valence-electron chi connectivity index (χ2n) is 14.6. The summed E-state index contributed by atoms with van der Waals surface area (Å²) in [7, 11) is 0. The number of hydrogen-bond donors (Lipinski definition) is 6. The molecule has 0 bridgehead atoms. The molecule has 0 radical (unpaired) electrons. The molecule has 1 aliphatic rings.